The molecule has 2 N–H and O–H groups in total. The Balaban J connectivity index is 4.53. The second-order valence-electron chi connectivity index (χ2n) is 5.57. The van der Waals surface area contributed by atoms with Crippen molar-refractivity contribution in [3.05, 3.63) is 0 Å². The summed E-state index contributed by atoms with van der Waals surface area (Å²) in [4.78, 5) is 12.0. The van der Waals surface area contributed by atoms with Crippen LogP contribution in [0.5, 0.6) is 0 Å². The van der Waals surface area contributed by atoms with Crippen LogP contribution in [0.3, 0.4) is 0 Å². The molecule has 3 heteroatoms. The second-order valence-corrected chi connectivity index (χ2v) is 5.57. The molecule has 0 saturated carbocycles. The first-order chi connectivity index (χ1) is 7.89. The van der Waals surface area contributed by atoms with Crippen molar-refractivity contribution in [2.24, 2.45) is 11.8 Å². The highest BCUT2D eigenvalue weighted by Gasteiger charge is 2.32. The molecule has 1 unspecified atom stereocenters. The van der Waals surface area contributed by atoms with Crippen LogP contribution in [0.4, 0.5) is 0 Å². The minimum Gasteiger partial charge on any atom is -0.358 e. The van der Waals surface area contributed by atoms with E-state index >= 15 is 0 Å². The van der Waals surface area contributed by atoms with E-state index < -0.39 is 5.54 Å². The largest absolute Gasteiger partial charge is 0.358 e. The number of carbonyl (C=O) groups is 1. The average molecular weight is 242 g/mol. The summed E-state index contributed by atoms with van der Waals surface area (Å²) in [5, 5.41) is 6.24. The molecule has 1 amide bonds. The second kappa shape index (κ2) is 7.70. The van der Waals surface area contributed by atoms with E-state index in [-0.39, 0.29) is 5.91 Å². The van der Waals surface area contributed by atoms with Crippen molar-refractivity contribution in [3.8, 4) is 0 Å². The van der Waals surface area contributed by atoms with Gasteiger partial charge in [-0.1, -0.05) is 40.5 Å². The Morgan fingerprint density at radius 1 is 1.24 bits per heavy atom. The van der Waals surface area contributed by atoms with Crippen LogP contribution < -0.4 is 10.6 Å². The van der Waals surface area contributed by atoms with Crippen LogP contribution in [-0.4, -0.2) is 25.0 Å². The van der Waals surface area contributed by atoms with Gasteiger partial charge in [-0.3, -0.25) is 4.79 Å². The van der Waals surface area contributed by atoms with Gasteiger partial charge in [0.15, 0.2) is 0 Å². The van der Waals surface area contributed by atoms with Gasteiger partial charge in [-0.2, -0.15) is 0 Å². The van der Waals surface area contributed by atoms with E-state index in [9.17, 15) is 4.79 Å². The van der Waals surface area contributed by atoms with Crippen molar-refractivity contribution in [1.29, 1.82) is 0 Å². The SMILES string of the molecule is CCC(CC)CNC(C)(CC(C)C)C(=O)NC. The number of nitrogens with one attached hydrogen (secondary N) is 2. The summed E-state index contributed by atoms with van der Waals surface area (Å²) in [5.41, 5.74) is -0.439. The number of hydrogen-bond acceptors (Lipinski definition) is 2. The van der Waals surface area contributed by atoms with Crippen LogP contribution in [0.1, 0.15) is 53.9 Å². The highest BCUT2D eigenvalue weighted by Crippen LogP contribution is 2.18. The summed E-state index contributed by atoms with van der Waals surface area (Å²) >= 11 is 0. The van der Waals surface area contributed by atoms with Gasteiger partial charge in [0.1, 0.15) is 0 Å². The zero-order valence-electron chi connectivity index (χ0n) is 12.4. The third kappa shape index (κ3) is 5.53. The van der Waals surface area contributed by atoms with E-state index in [1.54, 1.807) is 7.05 Å². The van der Waals surface area contributed by atoms with Crippen molar-refractivity contribution in [3.63, 3.8) is 0 Å². The molecule has 0 bridgehead atoms. The van der Waals surface area contributed by atoms with Crippen LogP contribution in [-0.2, 0) is 4.79 Å². The van der Waals surface area contributed by atoms with E-state index in [1.807, 2.05) is 6.92 Å². The lowest BCUT2D eigenvalue weighted by atomic mass is 9.88. The first-order valence-electron chi connectivity index (χ1n) is 6.86. The molecule has 0 rings (SSSR count). The molecule has 3 nitrogen and oxygen atoms in total. The molecule has 0 spiro atoms. The molecular weight excluding hydrogens is 212 g/mol. The molecule has 0 aromatic carbocycles. The summed E-state index contributed by atoms with van der Waals surface area (Å²) in [7, 11) is 1.71. The van der Waals surface area contributed by atoms with Gasteiger partial charge in [0.05, 0.1) is 5.54 Å². The highest BCUT2D eigenvalue weighted by atomic mass is 16.2. The Bertz CT molecular complexity index is 224. The van der Waals surface area contributed by atoms with Gasteiger partial charge in [-0.05, 0) is 31.7 Å². The lowest BCUT2D eigenvalue weighted by molar-refractivity contribution is -0.127. The van der Waals surface area contributed by atoms with Crippen LogP contribution in [0, 0.1) is 11.8 Å². The molecule has 0 heterocycles. The molecule has 17 heavy (non-hydrogen) atoms. The Hall–Kier alpha value is -0.570. The average Bonchev–Trinajstić information content (AvgIpc) is 2.28. The van der Waals surface area contributed by atoms with Gasteiger partial charge in [0.2, 0.25) is 5.91 Å². The lowest BCUT2D eigenvalue weighted by Gasteiger charge is -2.32. The zero-order chi connectivity index (χ0) is 13.5. The fourth-order valence-electron chi connectivity index (χ4n) is 2.28. The highest BCUT2D eigenvalue weighted by molar-refractivity contribution is 5.85. The summed E-state index contributed by atoms with van der Waals surface area (Å²) < 4.78 is 0. The number of hydrogen-bond donors (Lipinski definition) is 2. The van der Waals surface area contributed by atoms with Crippen LogP contribution in [0.15, 0.2) is 0 Å². The lowest BCUT2D eigenvalue weighted by Crippen LogP contribution is -2.55. The van der Waals surface area contributed by atoms with Gasteiger partial charge in [0.25, 0.3) is 0 Å². The molecule has 0 aliphatic rings. The first kappa shape index (κ1) is 16.4. The van der Waals surface area contributed by atoms with Crippen molar-refractivity contribution in [1.82, 2.24) is 10.6 Å². The van der Waals surface area contributed by atoms with E-state index in [0.29, 0.717) is 11.8 Å². The minimum atomic E-state index is -0.439. The minimum absolute atomic E-state index is 0.0946. The summed E-state index contributed by atoms with van der Waals surface area (Å²) in [6.45, 7) is 11.6. The third-order valence-electron chi connectivity index (χ3n) is 3.48. The first-order valence-corrected chi connectivity index (χ1v) is 6.86. The van der Waals surface area contributed by atoms with E-state index in [1.165, 1.54) is 0 Å². The normalized spacial score (nSPS) is 15.1. The zero-order valence-corrected chi connectivity index (χ0v) is 12.4. The predicted octanol–water partition coefficient (Wildman–Crippen LogP) is 2.56. The van der Waals surface area contributed by atoms with Crippen LogP contribution in [0.25, 0.3) is 0 Å². The van der Waals surface area contributed by atoms with Gasteiger partial charge in [-0.25, -0.2) is 0 Å². The number of rotatable bonds is 8. The molecule has 0 fully saturated rings. The standard InChI is InChI=1S/C14H30N2O/c1-7-12(8-2)10-16-14(5,9-11(3)4)13(17)15-6/h11-12,16H,7-10H2,1-6H3,(H,15,17). The molecule has 1 atom stereocenters. The topological polar surface area (TPSA) is 41.1 Å². The third-order valence-corrected chi connectivity index (χ3v) is 3.48. The van der Waals surface area contributed by atoms with Crippen molar-refractivity contribution in [2.75, 3.05) is 13.6 Å². The smallest absolute Gasteiger partial charge is 0.239 e. The van der Waals surface area contributed by atoms with Crippen molar-refractivity contribution < 1.29 is 4.79 Å². The Morgan fingerprint density at radius 2 is 1.76 bits per heavy atom. The summed E-state index contributed by atoms with van der Waals surface area (Å²) in [6, 6.07) is 0. The molecule has 0 aromatic rings. The van der Waals surface area contributed by atoms with Gasteiger partial charge >= 0.3 is 0 Å². The summed E-state index contributed by atoms with van der Waals surface area (Å²) in [5.74, 6) is 1.26. The fraction of sp³-hybridized carbons (Fsp3) is 0.929. The summed E-state index contributed by atoms with van der Waals surface area (Å²) in [6.07, 6.45) is 3.19. The van der Waals surface area contributed by atoms with Gasteiger partial charge in [-0.15, -0.1) is 0 Å². The molecule has 102 valence electrons. The van der Waals surface area contributed by atoms with E-state index in [4.69, 9.17) is 0 Å². The maximum atomic E-state index is 12.0. The Kier molecular flexibility index (Phi) is 7.44. The molecule has 0 aromatic heterocycles. The van der Waals surface area contributed by atoms with Gasteiger partial charge in [0, 0.05) is 7.05 Å². The van der Waals surface area contributed by atoms with E-state index in [0.717, 1.165) is 25.8 Å². The Labute approximate surface area is 107 Å². The van der Waals surface area contributed by atoms with Crippen LogP contribution in [0.2, 0.25) is 0 Å². The maximum Gasteiger partial charge on any atom is 0.239 e. The van der Waals surface area contributed by atoms with Crippen molar-refractivity contribution >= 4 is 5.91 Å². The Morgan fingerprint density at radius 3 is 2.12 bits per heavy atom. The number of carbonyl (C=O) groups excluding carboxylic acids is 1. The molecule has 0 radical (unpaired) electrons. The molecular formula is C14H30N2O. The van der Waals surface area contributed by atoms with Crippen molar-refractivity contribution in [2.45, 2.75) is 59.4 Å². The molecule has 0 aliphatic heterocycles. The number of likely N-dealkylation sites (N-methyl/N-ethyl adjacent to an activating group) is 1. The quantitative estimate of drug-likeness (QED) is 0.687. The van der Waals surface area contributed by atoms with Crippen LogP contribution >= 0.6 is 0 Å². The monoisotopic (exact) mass is 242 g/mol. The fourth-order valence-corrected chi connectivity index (χ4v) is 2.28. The van der Waals surface area contributed by atoms with Gasteiger partial charge < -0.3 is 10.6 Å². The predicted molar refractivity (Wildman–Crippen MR) is 74.0 cm³/mol. The van der Waals surface area contributed by atoms with E-state index in [2.05, 4.69) is 38.3 Å². The molecule has 0 aliphatic carbocycles. The molecule has 0 saturated heterocycles. The maximum absolute atomic E-state index is 12.0. The number of amides is 1.